The lowest BCUT2D eigenvalue weighted by atomic mass is 10.00. The summed E-state index contributed by atoms with van der Waals surface area (Å²) in [6, 6.07) is 30.7. The van der Waals surface area contributed by atoms with Gasteiger partial charge in [0.1, 0.15) is 11.9 Å². The third kappa shape index (κ3) is 10.7. The predicted molar refractivity (Wildman–Crippen MR) is 201 cm³/mol. The number of halogens is 2. The molecule has 1 atom stereocenters. The molecule has 0 aliphatic rings. The minimum atomic E-state index is -1.06. The number of ether oxygens (including phenoxy) is 1. The lowest BCUT2D eigenvalue weighted by Crippen LogP contribution is -2.48. The zero-order chi connectivity index (χ0) is 37.7. The first-order valence-corrected chi connectivity index (χ1v) is 17.2. The standard InChI is InChI=1S/C42H42F2N4O5/c1-27-8-13-32(14-9-27)40(50)45-20-22-53-23-21-46-42(52)37(24-29-11-16-31(17-12-29)30-6-4-3-5-7-30)48-41(51)33-15-10-28(2)36(25-33)47-26-34-35(43)18-19-38(49)39(34)44/h3-19,25,37,47,49H,20-24,26H2,1-2H3,(H,45,50)(H,46,52)(H,48,51)/t37-/m0/s1. The summed E-state index contributed by atoms with van der Waals surface area (Å²) in [6.45, 7) is 4.34. The van der Waals surface area contributed by atoms with Crippen LogP contribution in [-0.2, 0) is 22.5 Å². The summed E-state index contributed by atoms with van der Waals surface area (Å²) in [5.74, 6) is -3.69. The van der Waals surface area contributed by atoms with Crippen molar-refractivity contribution >= 4 is 23.4 Å². The van der Waals surface area contributed by atoms with Gasteiger partial charge in [0.2, 0.25) is 5.91 Å². The smallest absolute Gasteiger partial charge is 0.252 e. The van der Waals surface area contributed by atoms with Gasteiger partial charge in [-0.3, -0.25) is 14.4 Å². The molecule has 53 heavy (non-hydrogen) atoms. The summed E-state index contributed by atoms with van der Waals surface area (Å²) < 4.78 is 34.3. The molecule has 0 aromatic heterocycles. The lowest BCUT2D eigenvalue weighted by molar-refractivity contribution is -0.123. The first-order valence-electron chi connectivity index (χ1n) is 17.2. The van der Waals surface area contributed by atoms with Crippen molar-refractivity contribution in [3.63, 3.8) is 0 Å². The van der Waals surface area contributed by atoms with Gasteiger partial charge in [0.25, 0.3) is 11.8 Å². The van der Waals surface area contributed by atoms with Gasteiger partial charge in [-0.2, -0.15) is 0 Å². The molecule has 0 fully saturated rings. The molecular formula is C42H42F2N4O5. The Bertz CT molecular complexity index is 2020. The maximum absolute atomic E-state index is 14.4. The zero-order valence-corrected chi connectivity index (χ0v) is 29.5. The topological polar surface area (TPSA) is 129 Å². The molecule has 3 amide bonds. The largest absolute Gasteiger partial charge is 0.505 e. The molecule has 0 unspecified atom stereocenters. The average Bonchev–Trinajstić information content (AvgIpc) is 3.17. The number of phenols is 1. The van der Waals surface area contributed by atoms with Crippen LogP contribution in [0.15, 0.2) is 109 Å². The van der Waals surface area contributed by atoms with Crippen LogP contribution in [0.2, 0.25) is 0 Å². The van der Waals surface area contributed by atoms with Gasteiger partial charge in [0.15, 0.2) is 11.6 Å². The highest BCUT2D eigenvalue weighted by Gasteiger charge is 2.23. The molecule has 0 aliphatic carbocycles. The second-order valence-electron chi connectivity index (χ2n) is 12.6. The van der Waals surface area contributed by atoms with E-state index in [0.717, 1.165) is 34.4 Å². The third-order valence-electron chi connectivity index (χ3n) is 8.64. The molecule has 0 saturated carbocycles. The summed E-state index contributed by atoms with van der Waals surface area (Å²) in [5.41, 5.74) is 5.55. The number of hydrogen-bond donors (Lipinski definition) is 5. The van der Waals surface area contributed by atoms with Crippen LogP contribution in [-0.4, -0.2) is 55.2 Å². The molecule has 9 nitrogen and oxygen atoms in total. The monoisotopic (exact) mass is 720 g/mol. The number of rotatable bonds is 16. The fraction of sp³-hybridized carbons (Fsp3) is 0.214. The van der Waals surface area contributed by atoms with Gasteiger partial charge in [0.05, 0.1) is 13.2 Å². The van der Waals surface area contributed by atoms with Crippen LogP contribution in [0.25, 0.3) is 11.1 Å². The molecule has 0 aliphatic heterocycles. The number of aryl methyl sites for hydroxylation is 2. The number of amides is 3. The minimum absolute atomic E-state index is 0.171. The SMILES string of the molecule is Cc1ccc(C(=O)NCCOCCNC(=O)[C@H](Cc2ccc(-c3ccccc3)cc2)NC(=O)c2ccc(C)c(NCc3c(F)ccc(O)c3F)c2)cc1. The van der Waals surface area contributed by atoms with E-state index in [1.54, 1.807) is 37.3 Å². The Labute approximate surface area is 307 Å². The number of carbonyl (C=O) groups is 3. The molecule has 0 heterocycles. The van der Waals surface area contributed by atoms with Gasteiger partial charge in [-0.25, -0.2) is 8.78 Å². The van der Waals surface area contributed by atoms with Crippen LogP contribution >= 0.6 is 0 Å². The molecule has 5 aromatic carbocycles. The highest BCUT2D eigenvalue weighted by Crippen LogP contribution is 2.25. The Hall–Kier alpha value is -6.07. The summed E-state index contributed by atoms with van der Waals surface area (Å²) in [6.07, 6.45) is 0.200. The maximum Gasteiger partial charge on any atom is 0.252 e. The van der Waals surface area contributed by atoms with E-state index >= 15 is 0 Å². The number of anilines is 1. The predicted octanol–water partition coefficient (Wildman–Crippen LogP) is 6.47. The van der Waals surface area contributed by atoms with Gasteiger partial charge in [-0.1, -0.05) is 78.4 Å². The van der Waals surface area contributed by atoms with Gasteiger partial charge in [-0.05, 0) is 72.5 Å². The van der Waals surface area contributed by atoms with Gasteiger partial charge in [-0.15, -0.1) is 0 Å². The number of hydrogen-bond acceptors (Lipinski definition) is 6. The van der Waals surface area contributed by atoms with Gasteiger partial charge in [0, 0.05) is 48.4 Å². The van der Waals surface area contributed by atoms with Crippen LogP contribution in [0.4, 0.5) is 14.5 Å². The van der Waals surface area contributed by atoms with E-state index in [-0.39, 0.29) is 49.8 Å². The van der Waals surface area contributed by atoms with Crippen molar-refractivity contribution in [3.05, 3.63) is 154 Å². The number of carbonyl (C=O) groups excluding carboxylic acids is 3. The van der Waals surface area contributed by atoms with Crippen LogP contribution in [0, 0.1) is 25.5 Å². The number of aromatic hydroxyl groups is 1. The van der Waals surface area contributed by atoms with Crippen LogP contribution in [0.3, 0.4) is 0 Å². The highest BCUT2D eigenvalue weighted by atomic mass is 19.1. The molecule has 5 rings (SSSR count). The second-order valence-corrected chi connectivity index (χ2v) is 12.6. The van der Waals surface area contributed by atoms with E-state index in [2.05, 4.69) is 21.3 Å². The fourth-order valence-corrected chi connectivity index (χ4v) is 5.55. The summed E-state index contributed by atoms with van der Waals surface area (Å²) in [4.78, 5) is 39.4. The van der Waals surface area contributed by atoms with Crippen LogP contribution in [0.1, 0.15) is 43.0 Å². The van der Waals surface area contributed by atoms with Crippen molar-refractivity contribution in [1.29, 1.82) is 0 Å². The third-order valence-corrected chi connectivity index (χ3v) is 8.64. The van der Waals surface area contributed by atoms with Crippen molar-refractivity contribution in [1.82, 2.24) is 16.0 Å². The van der Waals surface area contributed by atoms with Crippen molar-refractivity contribution in [2.75, 3.05) is 31.6 Å². The number of benzene rings is 5. The van der Waals surface area contributed by atoms with Gasteiger partial charge >= 0.3 is 0 Å². The van der Waals surface area contributed by atoms with Crippen molar-refractivity contribution in [2.24, 2.45) is 0 Å². The lowest BCUT2D eigenvalue weighted by Gasteiger charge is -2.20. The number of nitrogens with one attached hydrogen (secondary N) is 4. The van der Waals surface area contributed by atoms with Crippen LogP contribution in [0.5, 0.6) is 5.75 Å². The van der Waals surface area contributed by atoms with Crippen molar-refractivity contribution in [2.45, 2.75) is 32.9 Å². The normalized spacial score (nSPS) is 11.4. The van der Waals surface area contributed by atoms with Crippen LogP contribution < -0.4 is 21.3 Å². The minimum Gasteiger partial charge on any atom is -0.505 e. The Morgan fingerprint density at radius 3 is 2.11 bits per heavy atom. The molecule has 5 aromatic rings. The summed E-state index contributed by atoms with van der Waals surface area (Å²) in [5, 5.41) is 21.1. The summed E-state index contributed by atoms with van der Waals surface area (Å²) >= 11 is 0. The first-order chi connectivity index (χ1) is 25.6. The van der Waals surface area contributed by atoms with E-state index in [4.69, 9.17) is 4.74 Å². The van der Waals surface area contributed by atoms with Crippen molar-refractivity contribution in [3.8, 4) is 16.9 Å². The Balaban J connectivity index is 1.21. The van der Waals surface area contributed by atoms with E-state index in [9.17, 15) is 28.3 Å². The van der Waals surface area contributed by atoms with Gasteiger partial charge < -0.3 is 31.1 Å². The molecular weight excluding hydrogens is 678 g/mol. The van der Waals surface area contributed by atoms with E-state index in [0.29, 0.717) is 23.4 Å². The van der Waals surface area contributed by atoms with E-state index in [1.165, 1.54) is 0 Å². The Morgan fingerprint density at radius 2 is 1.40 bits per heavy atom. The van der Waals surface area contributed by atoms with E-state index < -0.39 is 35.2 Å². The second kappa shape index (κ2) is 18.4. The zero-order valence-electron chi connectivity index (χ0n) is 29.5. The molecule has 0 spiro atoms. The first kappa shape index (κ1) is 38.2. The number of phenolic OH excluding ortho intramolecular Hbond substituents is 1. The quantitative estimate of drug-likeness (QED) is 0.0744. The van der Waals surface area contributed by atoms with Crippen molar-refractivity contribution < 1.29 is 33.0 Å². The van der Waals surface area contributed by atoms with E-state index in [1.807, 2.05) is 73.7 Å². The molecule has 11 heteroatoms. The molecule has 274 valence electrons. The fourth-order valence-electron chi connectivity index (χ4n) is 5.55. The maximum atomic E-state index is 14.4. The molecule has 5 N–H and O–H groups in total. The molecule has 0 radical (unpaired) electrons. The average molecular weight is 721 g/mol. The Kier molecular flexibility index (Phi) is 13.3. The highest BCUT2D eigenvalue weighted by molar-refractivity contribution is 5.98. The molecule has 0 bridgehead atoms. The molecule has 0 saturated heterocycles. The Morgan fingerprint density at radius 1 is 0.736 bits per heavy atom. The summed E-state index contributed by atoms with van der Waals surface area (Å²) in [7, 11) is 0.